The van der Waals surface area contributed by atoms with Gasteiger partial charge in [0.15, 0.2) is 0 Å². The lowest BCUT2D eigenvalue weighted by Gasteiger charge is -2.35. The number of benzene rings is 1. The Balaban J connectivity index is 1.59. The molecule has 1 N–H and O–H groups in total. The highest BCUT2D eigenvalue weighted by molar-refractivity contribution is 5.96. The van der Waals surface area contributed by atoms with Gasteiger partial charge in [0.25, 0.3) is 5.91 Å². The molecule has 2 saturated heterocycles. The van der Waals surface area contributed by atoms with Crippen molar-refractivity contribution in [3.05, 3.63) is 29.8 Å². The summed E-state index contributed by atoms with van der Waals surface area (Å²) < 4.78 is 5.24. The van der Waals surface area contributed by atoms with Gasteiger partial charge in [0.05, 0.1) is 12.5 Å². The van der Waals surface area contributed by atoms with Crippen molar-refractivity contribution in [2.24, 2.45) is 5.92 Å². The van der Waals surface area contributed by atoms with Crippen LogP contribution in [0.5, 0.6) is 0 Å². The molecule has 25 heavy (non-hydrogen) atoms. The van der Waals surface area contributed by atoms with Crippen molar-refractivity contribution in [1.29, 1.82) is 0 Å². The van der Waals surface area contributed by atoms with Gasteiger partial charge >= 0.3 is 0 Å². The zero-order valence-corrected chi connectivity index (χ0v) is 15.0. The molecule has 0 aliphatic carbocycles. The van der Waals surface area contributed by atoms with Crippen LogP contribution in [0.25, 0.3) is 0 Å². The van der Waals surface area contributed by atoms with Crippen LogP contribution in [0.2, 0.25) is 0 Å². The molecule has 136 valence electrons. The third-order valence-electron chi connectivity index (χ3n) is 5.17. The molecule has 2 aliphatic rings. The van der Waals surface area contributed by atoms with Gasteiger partial charge in [-0.2, -0.15) is 0 Å². The number of carbonyl (C=O) groups is 2. The molecule has 1 aromatic carbocycles. The fourth-order valence-electron chi connectivity index (χ4n) is 3.51. The summed E-state index contributed by atoms with van der Waals surface area (Å²) in [5.74, 6) is -0.0583. The fraction of sp³-hybridized carbons (Fsp3) is 0.579. The summed E-state index contributed by atoms with van der Waals surface area (Å²) in [5, 5.41) is 2.90. The second-order valence-corrected chi connectivity index (χ2v) is 7.10. The third-order valence-corrected chi connectivity index (χ3v) is 5.17. The highest BCUT2D eigenvalue weighted by atomic mass is 16.5. The molecular formula is C19H27N3O3. The predicted octanol–water partition coefficient (Wildman–Crippen LogP) is 1.83. The predicted molar refractivity (Wildman–Crippen MR) is 96.6 cm³/mol. The summed E-state index contributed by atoms with van der Waals surface area (Å²) in [5.41, 5.74) is 1.37. The summed E-state index contributed by atoms with van der Waals surface area (Å²) in [6, 6.07) is 7.41. The second kappa shape index (κ2) is 7.97. The minimum atomic E-state index is -0.0734. The van der Waals surface area contributed by atoms with E-state index in [2.05, 4.69) is 17.3 Å². The molecule has 6 nitrogen and oxygen atoms in total. The maximum atomic E-state index is 12.7. The van der Waals surface area contributed by atoms with Gasteiger partial charge in [-0.1, -0.05) is 0 Å². The van der Waals surface area contributed by atoms with Gasteiger partial charge in [-0.25, -0.2) is 0 Å². The summed E-state index contributed by atoms with van der Waals surface area (Å²) in [4.78, 5) is 28.9. The summed E-state index contributed by atoms with van der Waals surface area (Å²) in [6.07, 6.45) is 2.93. The van der Waals surface area contributed by atoms with E-state index < -0.39 is 0 Å². The van der Waals surface area contributed by atoms with E-state index in [1.165, 1.54) is 0 Å². The van der Waals surface area contributed by atoms with Gasteiger partial charge in [0.1, 0.15) is 0 Å². The first-order valence-corrected chi connectivity index (χ1v) is 8.99. The number of piperidine rings is 1. The van der Waals surface area contributed by atoms with E-state index in [9.17, 15) is 9.59 Å². The normalized spacial score (nSPS) is 24.1. The lowest BCUT2D eigenvalue weighted by Crippen LogP contribution is -2.47. The van der Waals surface area contributed by atoms with Crippen molar-refractivity contribution in [3.8, 4) is 0 Å². The molecule has 0 aromatic heterocycles. The van der Waals surface area contributed by atoms with Crippen LogP contribution < -0.4 is 5.32 Å². The van der Waals surface area contributed by atoms with Crippen LogP contribution in [0.15, 0.2) is 24.3 Å². The minimum Gasteiger partial charge on any atom is -0.381 e. The van der Waals surface area contributed by atoms with E-state index >= 15 is 0 Å². The van der Waals surface area contributed by atoms with Crippen molar-refractivity contribution in [1.82, 2.24) is 9.80 Å². The molecule has 0 saturated carbocycles. The Kier molecular flexibility index (Phi) is 5.71. The maximum Gasteiger partial charge on any atom is 0.253 e. The van der Waals surface area contributed by atoms with Crippen LogP contribution in [0.4, 0.5) is 5.69 Å². The Labute approximate surface area is 149 Å². The highest BCUT2D eigenvalue weighted by Gasteiger charge is 2.26. The first-order valence-electron chi connectivity index (χ1n) is 8.99. The number of nitrogens with one attached hydrogen (secondary N) is 1. The smallest absolute Gasteiger partial charge is 0.253 e. The minimum absolute atomic E-state index is 0.0149. The first kappa shape index (κ1) is 17.9. The molecule has 0 unspecified atom stereocenters. The van der Waals surface area contributed by atoms with Crippen molar-refractivity contribution in [3.63, 3.8) is 0 Å². The van der Waals surface area contributed by atoms with Gasteiger partial charge in [-0.3, -0.25) is 9.59 Å². The lowest BCUT2D eigenvalue weighted by atomic mass is 10.0. The molecule has 2 amide bonds. The topological polar surface area (TPSA) is 61.9 Å². The molecule has 2 atom stereocenters. The van der Waals surface area contributed by atoms with Crippen molar-refractivity contribution < 1.29 is 14.3 Å². The molecule has 6 heteroatoms. The number of hydrogen-bond acceptors (Lipinski definition) is 4. The second-order valence-electron chi connectivity index (χ2n) is 7.10. The number of likely N-dealkylation sites (N-methyl/N-ethyl adjacent to an activating group) is 2. The number of rotatable bonds is 4. The summed E-state index contributed by atoms with van der Waals surface area (Å²) in [6.45, 7) is 3.15. The van der Waals surface area contributed by atoms with Gasteiger partial charge < -0.3 is 19.9 Å². The largest absolute Gasteiger partial charge is 0.381 e. The van der Waals surface area contributed by atoms with Crippen LogP contribution >= 0.6 is 0 Å². The first-order chi connectivity index (χ1) is 12.0. The number of carbonyl (C=O) groups excluding carboxylic acids is 2. The molecule has 2 fully saturated rings. The van der Waals surface area contributed by atoms with Gasteiger partial charge in [-0.05, 0) is 57.1 Å². The molecule has 3 rings (SSSR count). The average molecular weight is 345 g/mol. The van der Waals surface area contributed by atoms with E-state index in [1.54, 1.807) is 24.3 Å². The van der Waals surface area contributed by atoms with Crippen LogP contribution in [-0.2, 0) is 9.53 Å². The zero-order valence-electron chi connectivity index (χ0n) is 15.0. The van der Waals surface area contributed by atoms with Crippen molar-refractivity contribution in [2.45, 2.75) is 25.3 Å². The molecule has 2 aliphatic heterocycles. The molecular weight excluding hydrogens is 318 g/mol. The number of hydrogen-bond donors (Lipinski definition) is 1. The quantitative estimate of drug-likeness (QED) is 0.904. The molecule has 2 heterocycles. The maximum absolute atomic E-state index is 12.7. The van der Waals surface area contributed by atoms with Crippen LogP contribution in [0.1, 0.15) is 29.6 Å². The van der Waals surface area contributed by atoms with Crippen molar-refractivity contribution in [2.75, 3.05) is 45.7 Å². The Morgan fingerprint density at radius 1 is 1.24 bits per heavy atom. The van der Waals surface area contributed by atoms with E-state index in [1.807, 2.05) is 11.9 Å². The molecule has 0 radical (unpaired) electrons. The van der Waals surface area contributed by atoms with Gasteiger partial charge in [-0.15, -0.1) is 0 Å². The summed E-state index contributed by atoms with van der Waals surface area (Å²) >= 11 is 0. The van der Waals surface area contributed by atoms with Crippen LogP contribution in [0, 0.1) is 5.92 Å². The molecule has 1 aromatic rings. The monoisotopic (exact) mass is 345 g/mol. The Bertz CT molecular complexity index is 611. The van der Waals surface area contributed by atoms with Gasteiger partial charge in [0.2, 0.25) is 5.91 Å². The number of nitrogens with zero attached hydrogens (tertiary/aromatic N) is 2. The van der Waals surface area contributed by atoms with E-state index in [4.69, 9.17) is 4.74 Å². The SMILES string of the molecule is CN1CCC[C@H](N(C)C(=O)c2ccc(NC(=O)[C@@H]3CCOC3)cc2)C1. The van der Waals surface area contributed by atoms with Crippen molar-refractivity contribution >= 4 is 17.5 Å². The molecule has 0 bridgehead atoms. The average Bonchev–Trinajstić information content (AvgIpc) is 3.16. The number of likely N-dealkylation sites (tertiary alicyclic amines) is 1. The van der Waals surface area contributed by atoms with E-state index in [-0.39, 0.29) is 23.8 Å². The van der Waals surface area contributed by atoms with E-state index in [0.717, 1.165) is 32.4 Å². The number of amides is 2. The van der Waals surface area contributed by atoms with Gasteiger partial charge in [0, 0.05) is 37.5 Å². The molecule has 0 spiro atoms. The Morgan fingerprint density at radius 2 is 2.00 bits per heavy atom. The van der Waals surface area contributed by atoms with Crippen LogP contribution in [0.3, 0.4) is 0 Å². The zero-order chi connectivity index (χ0) is 17.8. The third kappa shape index (κ3) is 4.38. The Hall–Kier alpha value is -1.92. The fourth-order valence-corrected chi connectivity index (χ4v) is 3.51. The Morgan fingerprint density at radius 3 is 2.64 bits per heavy atom. The lowest BCUT2D eigenvalue weighted by molar-refractivity contribution is -0.119. The van der Waals surface area contributed by atoms with E-state index in [0.29, 0.717) is 24.5 Å². The highest BCUT2D eigenvalue weighted by Crippen LogP contribution is 2.19. The summed E-state index contributed by atoms with van der Waals surface area (Å²) in [7, 11) is 3.97. The number of anilines is 1. The standard InChI is InChI=1S/C19H27N3O3/c1-21-10-3-4-17(12-21)22(2)19(24)14-5-7-16(8-6-14)20-18(23)15-9-11-25-13-15/h5-8,15,17H,3-4,9-13H2,1-2H3,(H,20,23)/t15-,17+/m1/s1. The number of ether oxygens (including phenoxy) is 1. The van der Waals surface area contributed by atoms with Crippen LogP contribution in [-0.4, -0.2) is 68.1 Å².